The van der Waals surface area contributed by atoms with Gasteiger partial charge >= 0.3 is 18.9 Å². The van der Waals surface area contributed by atoms with Gasteiger partial charge in [-0.3, -0.25) is 0 Å². The normalized spacial score (nSPS) is 25.6. The summed E-state index contributed by atoms with van der Waals surface area (Å²) in [4.78, 5) is 0. The van der Waals surface area contributed by atoms with Crippen molar-refractivity contribution in [1.29, 1.82) is 0 Å². The zero-order chi connectivity index (χ0) is 9.86. The molecule has 2 nitrogen and oxygen atoms in total. The van der Waals surface area contributed by atoms with Gasteiger partial charge in [-0.05, 0) is 25.0 Å². The maximum Gasteiger partial charge on any atom is 0.180 e. The minimum Gasteiger partial charge on any atom is -0.468 e. The third-order valence-electron chi connectivity index (χ3n) is 2.51. The van der Waals surface area contributed by atoms with E-state index in [0.717, 1.165) is 29.0 Å². The van der Waals surface area contributed by atoms with E-state index in [0.29, 0.717) is 0 Å². The van der Waals surface area contributed by atoms with E-state index in [4.69, 9.17) is 9.47 Å². The van der Waals surface area contributed by atoms with Crippen LogP contribution in [0.3, 0.4) is 0 Å². The van der Waals surface area contributed by atoms with Gasteiger partial charge in [-0.2, -0.15) is 0 Å². The van der Waals surface area contributed by atoms with Crippen molar-refractivity contribution in [3.63, 3.8) is 0 Å². The smallest absolute Gasteiger partial charge is 0.180 e. The Morgan fingerprint density at radius 1 is 1.20 bits per heavy atom. The molecule has 0 radical (unpaired) electrons. The van der Waals surface area contributed by atoms with Crippen LogP contribution in [0.15, 0.2) is 30.3 Å². The van der Waals surface area contributed by atoms with Crippen LogP contribution in [-0.4, -0.2) is 41.1 Å². The fourth-order valence-electron chi connectivity index (χ4n) is 1.73. The average molecular weight is 216 g/mol. The van der Waals surface area contributed by atoms with Gasteiger partial charge in [0, 0.05) is 6.42 Å². The molecule has 1 aromatic rings. The van der Waals surface area contributed by atoms with Crippen molar-refractivity contribution in [1.82, 2.24) is 0 Å². The first kappa shape index (κ1) is 12.9. The summed E-state index contributed by atoms with van der Waals surface area (Å²) in [5, 5.41) is 0. The molecule has 1 heterocycles. The van der Waals surface area contributed by atoms with Crippen LogP contribution >= 0.6 is 0 Å². The van der Waals surface area contributed by atoms with Crippen LogP contribution in [0.25, 0.3) is 0 Å². The summed E-state index contributed by atoms with van der Waals surface area (Å²) < 4.78 is 11.6. The zero-order valence-corrected chi connectivity index (χ0v) is 10.5. The van der Waals surface area contributed by atoms with Crippen LogP contribution in [0.4, 0.5) is 0 Å². The Bertz CT molecular complexity index is 286. The molecular weight excluding hydrogens is 199 g/mol. The van der Waals surface area contributed by atoms with E-state index in [9.17, 15) is 0 Å². The molecule has 1 fully saturated rings. The maximum absolute atomic E-state index is 5.88. The first-order chi connectivity index (χ1) is 6.79. The van der Waals surface area contributed by atoms with Crippen LogP contribution in [-0.2, 0) is 4.74 Å². The van der Waals surface area contributed by atoms with E-state index in [1.54, 1.807) is 0 Å². The van der Waals surface area contributed by atoms with Gasteiger partial charge in [0.15, 0.2) is 5.41 Å². The molecule has 2 rings (SSSR count). The number of hydrogen-bond donors (Lipinski definition) is 0. The Hall–Kier alpha value is -0.206. The number of para-hydroxylation sites is 1. The molecule has 0 bridgehead atoms. The molecule has 1 aromatic carbocycles. The minimum atomic E-state index is -0.278. The third kappa shape index (κ3) is 3.69. The van der Waals surface area contributed by atoms with Crippen LogP contribution in [0.2, 0.25) is 0 Å². The van der Waals surface area contributed by atoms with Crippen LogP contribution in [0, 0.1) is 0 Å². The van der Waals surface area contributed by atoms with E-state index in [1.807, 2.05) is 30.3 Å². The van der Waals surface area contributed by atoms with Gasteiger partial charge in [-0.1, -0.05) is 18.2 Å². The predicted molar refractivity (Wildman–Crippen MR) is 66.7 cm³/mol. The SMILES string of the molecule is [LiH].[SiH3]C1(Oc2ccccc2)CCCCO1. The molecule has 0 spiro atoms. The van der Waals surface area contributed by atoms with Gasteiger partial charge in [0.1, 0.15) is 5.75 Å². The first-order valence-corrected chi connectivity index (χ1v) is 6.17. The fourth-order valence-corrected chi connectivity index (χ4v) is 2.52. The van der Waals surface area contributed by atoms with E-state index in [1.165, 1.54) is 12.8 Å². The number of benzene rings is 1. The molecule has 1 aliphatic heterocycles. The molecule has 78 valence electrons. The monoisotopic (exact) mass is 216 g/mol. The molecular formula is C11H17LiO2Si. The van der Waals surface area contributed by atoms with Crippen LogP contribution < -0.4 is 4.74 Å². The molecule has 0 saturated carbocycles. The standard InChI is InChI=1S/C11H16O2Si.Li.H/c14-11(8-4-5-9-12-11)13-10-6-2-1-3-7-10;;/h1-3,6-7H,4-5,8-9H2,14H3;;. The molecule has 1 saturated heterocycles. The predicted octanol–water partition coefficient (Wildman–Crippen LogP) is 0.637. The van der Waals surface area contributed by atoms with Gasteiger partial charge in [0.05, 0.1) is 16.8 Å². The summed E-state index contributed by atoms with van der Waals surface area (Å²) in [7, 11) is 0.920. The van der Waals surface area contributed by atoms with Crippen molar-refractivity contribution in [3.05, 3.63) is 30.3 Å². The molecule has 0 aliphatic carbocycles. The van der Waals surface area contributed by atoms with Crippen molar-refractivity contribution >= 4 is 29.1 Å². The molecule has 0 amide bonds. The Balaban J connectivity index is 0.00000112. The van der Waals surface area contributed by atoms with Gasteiger partial charge in [0.25, 0.3) is 0 Å². The van der Waals surface area contributed by atoms with Crippen molar-refractivity contribution in [2.45, 2.75) is 24.7 Å². The molecule has 0 N–H and O–H groups in total. The molecule has 1 atom stereocenters. The summed E-state index contributed by atoms with van der Waals surface area (Å²) in [5.74, 6) is 0.921. The van der Waals surface area contributed by atoms with Crippen molar-refractivity contribution in [3.8, 4) is 5.75 Å². The maximum atomic E-state index is 5.88. The zero-order valence-electron chi connectivity index (χ0n) is 8.53. The quantitative estimate of drug-likeness (QED) is 0.675. The Labute approximate surface area is 106 Å². The van der Waals surface area contributed by atoms with Gasteiger partial charge in [-0.25, -0.2) is 0 Å². The molecule has 15 heavy (non-hydrogen) atoms. The first-order valence-electron chi connectivity index (χ1n) is 5.17. The fraction of sp³-hybridized carbons (Fsp3) is 0.455. The van der Waals surface area contributed by atoms with E-state index < -0.39 is 0 Å². The minimum absolute atomic E-state index is 0. The van der Waals surface area contributed by atoms with Crippen LogP contribution in [0.5, 0.6) is 5.75 Å². The average Bonchev–Trinajstić information content (AvgIpc) is 2.19. The van der Waals surface area contributed by atoms with Gasteiger partial charge < -0.3 is 9.47 Å². The second-order valence-corrected chi connectivity index (χ2v) is 5.38. The number of hydrogen-bond acceptors (Lipinski definition) is 2. The van der Waals surface area contributed by atoms with E-state index in [2.05, 4.69) is 0 Å². The van der Waals surface area contributed by atoms with Gasteiger partial charge in [-0.15, -0.1) is 0 Å². The van der Waals surface area contributed by atoms with E-state index >= 15 is 0 Å². The Kier molecular flexibility index (Phi) is 4.94. The molecule has 4 heteroatoms. The second-order valence-electron chi connectivity index (χ2n) is 3.85. The number of ether oxygens (including phenoxy) is 2. The third-order valence-corrected chi connectivity index (χ3v) is 3.50. The Morgan fingerprint density at radius 3 is 2.53 bits per heavy atom. The summed E-state index contributed by atoms with van der Waals surface area (Å²) in [5.41, 5.74) is -0.278. The molecule has 1 unspecified atom stereocenters. The van der Waals surface area contributed by atoms with Gasteiger partial charge in [0.2, 0.25) is 0 Å². The van der Waals surface area contributed by atoms with Crippen molar-refractivity contribution in [2.75, 3.05) is 6.61 Å². The summed E-state index contributed by atoms with van der Waals surface area (Å²) in [6.45, 7) is 0.844. The largest absolute Gasteiger partial charge is 0.468 e. The van der Waals surface area contributed by atoms with Crippen molar-refractivity contribution < 1.29 is 9.47 Å². The topological polar surface area (TPSA) is 18.5 Å². The second kappa shape index (κ2) is 5.76. The molecule has 1 aliphatic rings. The Morgan fingerprint density at radius 2 is 1.93 bits per heavy atom. The summed E-state index contributed by atoms with van der Waals surface area (Å²) in [6, 6.07) is 9.94. The summed E-state index contributed by atoms with van der Waals surface area (Å²) >= 11 is 0. The van der Waals surface area contributed by atoms with Crippen LogP contribution in [0.1, 0.15) is 19.3 Å². The molecule has 0 aromatic heterocycles. The summed E-state index contributed by atoms with van der Waals surface area (Å²) in [6.07, 6.45) is 3.42. The van der Waals surface area contributed by atoms with Crippen molar-refractivity contribution in [2.24, 2.45) is 0 Å². The van der Waals surface area contributed by atoms with E-state index in [-0.39, 0.29) is 24.3 Å². The number of rotatable bonds is 2.